The maximum Gasteiger partial charge on any atom is 0.410 e. The van der Waals surface area contributed by atoms with E-state index in [2.05, 4.69) is 4.90 Å². The molecule has 0 atom stereocenters. The van der Waals surface area contributed by atoms with E-state index < -0.39 is 5.60 Å². The minimum atomic E-state index is -0.400. The molecule has 5 heteroatoms. The van der Waals surface area contributed by atoms with E-state index in [1.807, 2.05) is 25.7 Å². The van der Waals surface area contributed by atoms with E-state index in [0.717, 1.165) is 57.8 Å². The molecule has 0 saturated carbocycles. The molecule has 2 heterocycles. The number of carbonyl (C=O) groups excluding carboxylic acids is 1. The minimum Gasteiger partial charge on any atom is -0.444 e. The first-order chi connectivity index (χ1) is 10.3. The smallest absolute Gasteiger partial charge is 0.410 e. The number of likely N-dealkylation sites (tertiary alicyclic amines) is 2. The van der Waals surface area contributed by atoms with E-state index in [1.165, 1.54) is 13.0 Å². The van der Waals surface area contributed by atoms with Gasteiger partial charge in [-0.05, 0) is 78.4 Å². The first-order valence-corrected chi connectivity index (χ1v) is 8.79. The molecule has 0 aromatic rings. The molecule has 0 radical (unpaired) electrons. The number of amides is 1. The molecule has 0 aromatic heterocycles. The van der Waals surface area contributed by atoms with Crippen LogP contribution in [0, 0.1) is 5.92 Å². The van der Waals surface area contributed by atoms with E-state index in [-0.39, 0.29) is 6.09 Å². The zero-order valence-electron chi connectivity index (χ0n) is 14.5. The van der Waals surface area contributed by atoms with Gasteiger partial charge in [0, 0.05) is 19.1 Å². The lowest BCUT2D eigenvalue weighted by Gasteiger charge is -2.35. The molecule has 22 heavy (non-hydrogen) atoms. The maximum absolute atomic E-state index is 12.0. The van der Waals surface area contributed by atoms with Gasteiger partial charge in [0.05, 0.1) is 0 Å². The van der Waals surface area contributed by atoms with Crippen molar-refractivity contribution >= 4 is 6.09 Å². The molecular formula is C17H33N3O2. The molecule has 0 unspecified atom stereocenters. The molecule has 0 spiro atoms. The summed E-state index contributed by atoms with van der Waals surface area (Å²) in [6.45, 7) is 10.9. The fourth-order valence-electron chi connectivity index (χ4n) is 3.27. The van der Waals surface area contributed by atoms with E-state index in [0.29, 0.717) is 6.04 Å². The van der Waals surface area contributed by atoms with Crippen LogP contribution in [0.3, 0.4) is 0 Å². The van der Waals surface area contributed by atoms with Crippen LogP contribution in [0.15, 0.2) is 0 Å². The third kappa shape index (κ3) is 5.76. The molecular weight excluding hydrogens is 278 g/mol. The van der Waals surface area contributed by atoms with Gasteiger partial charge >= 0.3 is 6.09 Å². The summed E-state index contributed by atoms with van der Waals surface area (Å²) < 4.78 is 5.44. The Labute approximate surface area is 135 Å². The summed E-state index contributed by atoms with van der Waals surface area (Å²) in [5.41, 5.74) is 5.55. The third-order valence-electron chi connectivity index (χ3n) is 4.75. The highest BCUT2D eigenvalue weighted by Gasteiger charge is 2.27. The molecule has 2 aliphatic rings. The van der Waals surface area contributed by atoms with E-state index in [4.69, 9.17) is 10.5 Å². The van der Waals surface area contributed by atoms with Crippen molar-refractivity contribution in [1.82, 2.24) is 9.80 Å². The first-order valence-electron chi connectivity index (χ1n) is 8.79. The predicted molar refractivity (Wildman–Crippen MR) is 88.8 cm³/mol. The molecule has 2 rings (SSSR count). The summed E-state index contributed by atoms with van der Waals surface area (Å²) in [4.78, 5) is 16.4. The van der Waals surface area contributed by atoms with Crippen LogP contribution in [0.25, 0.3) is 0 Å². The van der Waals surface area contributed by atoms with Gasteiger partial charge in [0.2, 0.25) is 0 Å². The molecule has 128 valence electrons. The van der Waals surface area contributed by atoms with Gasteiger partial charge in [-0.2, -0.15) is 0 Å². The van der Waals surface area contributed by atoms with E-state index >= 15 is 0 Å². The summed E-state index contributed by atoms with van der Waals surface area (Å²) in [5.74, 6) is 0.745. The van der Waals surface area contributed by atoms with Gasteiger partial charge < -0.3 is 20.3 Å². The highest BCUT2D eigenvalue weighted by Crippen LogP contribution is 2.23. The molecule has 1 amide bonds. The van der Waals surface area contributed by atoms with Gasteiger partial charge in [0.1, 0.15) is 5.60 Å². The Balaban J connectivity index is 1.64. The van der Waals surface area contributed by atoms with Gasteiger partial charge in [0.25, 0.3) is 0 Å². The standard InChI is InChI=1S/C17H33N3O2/c1-17(2,3)22-16(21)20-12-5-14(6-13-20)4-9-19-10-7-15(18)8-11-19/h14-15H,4-13,18H2,1-3H3. The molecule has 2 fully saturated rings. The van der Waals surface area contributed by atoms with Crippen LogP contribution in [0.2, 0.25) is 0 Å². The Morgan fingerprint density at radius 3 is 2.23 bits per heavy atom. The topological polar surface area (TPSA) is 58.8 Å². The summed E-state index contributed by atoms with van der Waals surface area (Å²) in [6, 6.07) is 0.410. The van der Waals surface area contributed by atoms with Gasteiger partial charge in [0.15, 0.2) is 0 Å². The Morgan fingerprint density at radius 2 is 1.68 bits per heavy atom. The highest BCUT2D eigenvalue weighted by atomic mass is 16.6. The SMILES string of the molecule is CC(C)(C)OC(=O)N1CCC(CCN2CCC(N)CC2)CC1. The van der Waals surface area contributed by atoms with Crippen LogP contribution >= 0.6 is 0 Å². The second-order valence-corrected chi connectivity index (χ2v) is 7.88. The van der Waals surface area contributed by atoms with Crippen molar-refractivity contribution in [1.29, 1.82) is 0 Å². The van der Waals surface area contributed by atoms with Crippen molar-refractivity contribution in [2.45, 2.75) is 64.5 Å². The second kappa shape index (κ2) is 7.64. The molecule has 5 nitrogen and oxygen atoms in total. The Bertz CT molecular complexity index is 351. The second-order valence-electron chi connectivity index (χ2n) is 7.88. The maximum atomic E-state index is 12.0. The normalized spacial score (nSPS) is 22.8. The number of hydrogen-bond acceptors (Lipinski definition) is 4. The minimum absolute atomic E-state index is 0.157. The van der Waals surface area contributed by atoms with Crippen molar-refractivity contribution in [2.24, 2.45) is 11.7 Å². The fraction of sp³-hybridized carbons (Fsp3) is 0.941. The molecule has 2 saturated heterocycles. The highest BCUT2D eigenvalue weighted by molar-refractivity contribution is 5.68. The van der Waals surface area contributed by atoms with Crippen molar-refractivity contribution in [3.63, 3.8) is 0 Å². The van der Waals surface area contributed by atoms with E-state index in [9.17, 15) is 4.79 Å². The number of rotatable bonds is 3. The van der Waals surface area contributed by atoms with E-state index in [1.54, 1.807) is 0 Å². The monoisotopic (exact) mass is 311 g/mol. The van der Waals surface area contributed by atoms with Crippen molar-refractivity contribution in [3.05, 3.63) is 0 Å². The van der Waals surface area contributed by atoms with Gasteiger partial charge in [-0.15, -0.1) is 0 Å². The van der Waals surface area contributed by atoms with Gasteiger partial charge in [-0.3, -0.25) is 0 Å². The van der Waals surface area contributed by atoms with Crippen molar-refractivity contribution < 1.29 is 9.53 Å². The summed E-state index contributed by atoms with van der Waals surface area (Å²) >= 11 is 0. The predicted octanol–water partition coefficient (Wildman–Crippen LogP) is 2.45. The van der Waals surface area contributed by atoms with Crippen LogP contribution in [0.5, 0.6) is 0 Å². The number of ether oxygens (including phenoxy) is 1. The summed E-state index contributed by atoms with van der Waals surface area (Å²) in [6.07, 6.45) is 5.57. The number of carbonyl (C=O) groups is 1. The van der Waals surface area contributed by atoms with Gasteiger partial charge in [-0.25, -0.2) is 4.79 Å². The zero-order chi connectivity index (χ0) is 16.2. The molecule has 0 aliphatic carbocycles. The average Bonchev–Trinajstić information content (AvgIpc) is 2.45. The van der Waals surface area contributed by atoms with Gasteiger partial charge in [-0.1, -0.05) is 0 Å². The van der Waals surface area contributed by atoms with Crippen molar-refractivity contribution in [3.8, 4) is 0 Å². The lowest BCUT2D eigenvalue weighted by atomic mass is 9.93. The average molecular weight is 311 g/mol. The summed E-state index contributed by atoms with van der Waals surface area (Å²) in [7, 11) is 0. The lowest BCUT2D eigenvalue weighted by Crippen LogP contribution is -2.43. The quantitative estimate of drug-likeness (QED) is 0.870. The lowest BCUT2D eigenvalue weighted by molar-refractivity contribution is 0.0177. The zero-order valence-corrected chi connectivity index (χ0v) is 14.5. The van der Waals surface area contributed by atoms with Crippen LogP contribution < -0.4 is 5.73 Å². The largest absolute Gasteiger partial charge is 0.444 e. The summed E-state index contributed by atoms with van der Waals surface area (Å²) in [5, 5.41) is 0. The van der Waals surface area contributed by atoms with Crippen LogP contribution in [0.1, 0.15) is 52.9 Å². The number of nitrogens with two attached hydrogens (primary N) is 1. The van der Waals surface area contributed by atoms with Crippen molar-refractivity contribution in [2.75, 3.05) is 32.7 Å². The third-order valence-corrected chi connectivity index (χ3v) is 4.75. The molecule has 0 aromatic carbocycles. The Hall–Kier alpha value is -0.810. The number of hydrogen-bond donors (Lipinski definition) is 1. The molecule has 2 aliphatic heterocycles. The first kappa shape index (κ1) is 17.5. The Morgan fingerprint density at radius 1 is 1.09 bits per heavy atom. The molecule has 0 bridgehead atoms. The molecule has 2 N–H and O–H groups in total. The van der Waals surface area contributed by atoms with Crippen LogP contribution in [0.4, 0.5) is 4.79 Å². The Kier molecular flexibility index (Phi) is 6.09. The fourth-order valence-corrected chi connectivity index (χ4v) is 3.27. The number of nitrogens with zero attached hydrogens (tertiary/aromatic N) is 2. The van der Waals surface area contributed by atoms with Crippen LogP contribution in [-0.4, -0.2) is 60.3 Å². The van der Waals surface area contributed by atoms with Crippen LogP contribution in [-0.2, 0) is 4.74 Å². The number of piperidine rings is 2.